The summed E-state index contributed by atoms with van der Waals surface area (Å²) in [6, 6.07) is 7.43. The Balaban J connectivity index is 2.01. The van der Waals surface area contributed by atoms with Gasteiger partial charge in [-0.25, -0.2) is 0 Å². The topological polar surface area (TPSA) is 58.6 Å². The summed E-state index contributed by atoms with van der Waals surface area (Å²) in [6.45, 7) is 1.51. The molecule has 0 atom stereocenters. The molecule has 0 aromatic heterocycles. The number of anilines is 1. The van der Waals surface area contributed by atoms with Crippen molar-refractivity contribution in [1.82, 2.24) is 5.32 Å². The summed E-state index contributed by atoms with van der Waals surface area (Å²) in [6.07, 6.45) is 5.64. The zero-order chi connectivity index (χ0) is 15.9. The van der Waals surface area contributed by atoms with Gasteiger partial charge < -0.3 is 15.0 Å². The molecule has 5 heteroatoms. The van der Waals surface area contributed by atoms with E-state index in [0.29, 0.717) is 11.4 Å². The van der Waals surface area contributed by atoms with Crippen molar-refractivity contribution in [3.05, 3.63) is 24.3 Å². The third kappa shape index (κ3) is 4.48. The van der Waals surface area contributed by atoms with Crippen LogP contribution in [0.4, 0.5) is 5.69 Å². The van der Waals surface area contributed by atoms with Gasteiger partial charge in [0.1, 0.15) is 12.3 Å². The number of hydrogen-bond acceptors (Lipinski definition) is 3. The van der Waals surface area contributed by atoms with Gasteiger partial charge in [-0.15, -0.1) is 0 Å². The van der Waals surface area contributed by atoms with Crippen LogP contribution in [0.15, 0.2) is 24.3 Å². The molecule has 0 heterocycles. The molecule has 1 aromatic carbocycles. The number of nitrogens with zero attached hydrogens (tertiary/aromatic N) is 1. The maximum atomic E-state index is 12.2. The molecule has 0 unspecified atom stereocenters. The number of carbonyl (C=O) groups excluding carboxylic acids is 2. The molecule has 1 saturated carbocycles. The lowest BCUT2D eigenvalue weighted by Gasteiger charge is -2.25. The van der Waals surface area contributed by atoms with E-state index in [0.717, 1.165) is 25.7 Å². The van der Waals surface area contributed by atoms with Gasteiger partial charge in [-0.2, -0.15) is 0 Å². The van der Waals surface area contributed by atoms with Gasteiger partial charge in [-0.05, 0) is 25.0 Å². The van der Waals surface area contributed by atoms with Crippen molar-refractivity contribution in [2.45, 2.75) is 45.1 Å². The highest BCUT2D eigenvalue weighted by Gasteiger charge is 2.20. The van der Waals surface area contributed by atoms with Crippen molar-refractivity contribution in [2.75, 3.05) is 18.6 Å². The first-order valence-electron chi connectivity index (χ1n) is 7.81. The zero-order valence-corrected chi connectivity index (χ0v) is 13.3. The largest absolute Gasteiger partial charge is 0.497 e. The molecule has 22 heavy (non-hydrogen) atoms. The van der Waals surface area contributed by atoms with Crippen molar-refractivity contribution in [2.24, 2.45) is 0 Å². The fourth-order valence-corrected chi connectivity index (χ4v) is 2.83. The average molecular weight is 304 g/mol. The molecule has 1 N–H and O–H groups in total. The Kier molecular flexibility index (Phi) is 5.81. The number of benzene rings is 1. The second-order valence-corrected chi connectivity index (χ2v) is 5.71. The van der Waals surface area contributed by atoms with Crippen molar-refractivity contribution in [3.63, 3.8) is 0 Å². The lowest BCUT2D eigenvalue weighted by Crippen LogP contribution is -2.44. The third-order valence-corrected chi connectivity index (χ3v) is 4.02. The van der Waals surface area contributed by atoms with Crippen LogP contribution in [0, 0.1) is 0 Å². The SMILES string of the molecule is COc1cccc(N(CC(=O)NC2CCCCC2)C(C)=O)c1. The predicted molar refractivity (Wildman–Crippen MR) is 86.0 cm³/mol. The lowest BCUT2D eigenvalue weighted by molar-refractivity contribution is -0.123. The average Bonchev–Trinajstić information content (AvgIpc) is 2.53. The van der Waals surface area contributed by atoms with Gasteiger partial charge in [0.25, 0.3) is 0 Å². The molecule has 1 aromatic rings. The highest BCUT2D eigenvalue weighted by Crippen LogP contribution is 2.21. The van der Waals surface area contributed by atoms with E-state index in [9.17, 15) is 9.59 Å². The minimum atomic E-state index is -0.160. The minimum absolute atomic E-state index is 0.0407. The van der Waals surface area contributed by atoms with E-state index in [1.54, 1.807) is 19.2 Å². The number of amides is 2. The molecular formula is C17H24N2O3. The molecule has 1 fully saturated rings. The number of methoxy groups -OCH3 is 1. The second-order valence-electron chi connectivity index (χ2n) is 5.71. The van der Waals surface area contributed by atoms with Gasteiger partial charge in [0.05, 0.1) is 7.11 Å². The van der Waals surface area contributed by atoms with Crippen molar-refractivity contribution in [1.29, 1.82) is 0 Å². The van der Waals surface area contributed by atoms with Gasteiger partial charge in [0.2, 0.25) is 11.8 Å². The van der Waals surface area contributed by atoms with Crippen molar-refractivity contribution >= 4 is 17.5 Å². The first kappa shape index (κ1) is 16.3. The monoisotopic (exact) mass is 304 g/mol. The number of ether oxygens (including phenoxy) is 1. The predicted octanol–water partition coefficient (Wildman–Crippen LogP) is 2.50. The molecule has 1 aliphatic carbocycles. The Morgan fingerprint density at radius 2 is 2.00 bits per heavy atom. The van der Waals surface area contributed by atoms with Gasteiger partial charge in [-0.3, -0.25) is 9.59 Å². The first-order chi connectivity index (χ1) is 10.6. The maximum Gasteiger partial charge on any atom is 0.240 e. The molecular weight excluding hydrogens is 280 g/mol. The quantitative estimate of drug-likeness (QED) is 0.909. The van der Waals surface area contributed by atoms with Gasteiger partial charge >= 0.3 is 0 Å². The molecule has 0 radical (unpaired) electrons. The van der Waals surface area contributed by atoms with Crippen LogP contribution in [-0.4, -0.2) is 31.5 Å². The summed E-state index contributed by atoms with van der Waals surface area (Å²) in [5, 5.41) is 3.04. The molecule has 0 spiro atoms. The van der Waals surface area contributed by atoms with Crippen LogP contribution in [0.1, 0.15) is 39.0 Å². The molecule has 0 bridgehead atoms. The fourth-order valence-electron chi connectivity index (χ4n) is 2.83. The summed E-state index contributed by atoms with van der Waals surface area (Å²) < 4.78 is 5.17. The minimum Gasteiger partial charge on any atom is -0.497 e. The van der Waals surface area contributed by atoms with E-state index < -0.39 is 0 Å². The first-order valence-corrected chi connectivity index (χ1v) is 7.81. The standard InChI is InChI=1S/C17H24N2O3/c1-13(20)19(15-9-6-10-16(11-15)22-2)12-17(21)18-14-7-4-3-5-8-14/h6,9-11,14H,3-5,7-8,12H2,1-2H3,(H,18,21). The van der Waals surface area contributed by atoms with Crippen LogP contribution in [0.5, 0.6) is 5.75 Å². The van der Waals surface area contributed by atoms with Crippen LogP contribution in [0.3, 0.4) is 0 Å². The summed E-state index contributed by atoms with van der Waals surface area (Å²) in [4.78, 5) is 25.6. The molecule has 2 rings (SSSR count). The molecule has 120 valence electrons. The highest BCUT2D eigenvalue weighted by molar-refractivity contribution is 5.97. The van der Waals surface area contributed by atoms with E-state index in [1.165, 1.54) is 18.2 Å². The van der Waals surface area contributed by atoms with E-state index in [4.69, 9.17) is 4.74 Å². The third-order valence-electron chi connectivity index (χ3n) is 4.02. The Morgan fingerprint density at radius 3 is 2.64 bits per heavy atom. The van der Waals surface area contributed by atoms with Crippen LogP contribution in [-0.2, 0) is 9.59 Å². The zero-order valence-electron chi connectivity index (χ0n) is 13.3. The van der Waals surface area contributed by atoms with Crippen LogP contribution < -0.4 is 15.0 Å². The highest BCUT2D eigenvalue weighted by atomic mass is 16.5. The smallest absolute Gasteiger partial charge is 0.240 e. The van der Waals surface area contributed by atoms with Crippen LogP contribution in [0.2, 0.25) is 0 Å². The second kappa shape index (κ2) is 7.82. The number of hydrogen-bond donors (Lipinski definition) is 1. The normalized spacial score (nSPS) is 15.2. The Hall–Kier alpha value is -2.04. The van der Waals surface area contributed by atoms with E-state index in [-0.39, 0.29) is 24.4 Å². The summed E-state index contributed by atoms with van der Waals surface area (Å²) in [7, 11) is 1.58. The Labute approximate surface area is 131 Å². The summed E-state index contributed by atoms with van der Waals surface area (Å²) in [5.41, 5.74) is 0.672. The number of nitrogens with one attached hydrogen (secondary N) is 1. The molecule has 0 aliphatic heterocycles. The van der Waals surface area contributed by atoms with Crippen LogP contribution in [0.25, 0.3) is 0 Å². The number of carbonyl (C=O) groups is 2. The van der Waals surface area contributed by atoms with Crippen molar-refractivity contribution in [3.8, 4) is 5.75 Å². The van der Waals surface area contributed by atoms with Gasteiger partial charge in [-0.1, -0.05) is 25.3 Å². The molecule has 1 aliphatic rings. The van der Waals surface area contributed by atoms with E-state index in [2.05, 4.69) is 5.32 Å². The maximum absolute atomic E-state index is 12.2. The summed E-state index contributed by atoms with van der Waals surface area (Å²) >= 11 is 0. The van der Waals surface area contributed by atoms with Crippen LogP contribution >= 0.6 is 0 Å². The Bertz CT molecular complexity index is 524. The van der Waals surface area contributed by atoms with E-state index in [1.807, 2.05) is 12.1 Å². The summed E-state index contributed by atoms with van der Waals surface area (Å²) in [5.74, 6) is 0.397. The number of rotatable bonds is 5. The van der Waals surface area contributed by atoms with Gasteiger partial charge in [0, 0.05) is 24.7 Å². The molecule has 5 nitrogen and oxygen atoms in total. The lowest BCUT2D eigenvalue weighted by atomic mass is 9.95. The molecule has 2 amide bonds. The Morgan fingerprint density at radius 1 is 1.27 bits per heavy atom. The van der Waals surface area contributed by atoms with E-state index >= 15 is 0 Å². The van der Waals surface area contributed by atoms with Gasteiger partial charge in [0.15, 0.2) is 0 Å². The molecule has 0 saturated heterocycles. The van der Waals surface area contributed by atoms with Crippen molar-refractivity contribution < 1.29 is 14.3 Å². The fraction of sp³-hybridized carbons (Fsp3) is 0.529.